The predicted molar refractivity (Wildman–Crippen MR) is 85.7 cm³/mol. The lowest BCUT2D eigenvalue weighted by Gasteiger charge is -2.00. The molecular weight excluding hydrogens is 367 g/mol. The van der Waals surface area contributed by atoms with E-state index in [0.29, 0.717) is 5.57 Å². The van der Waals surface area contributed by atoms with Gasteiger partial charge in [-0.05, 0) is 64.1 Å². The second-order valence-corrected chi connectivity index (χ2v) is 5.27. The molecule has 0 aliphatic carbocycles. The van der Waals surface area contributed by atoms with E-state index in [1.165, 1.54) is 12.1 Å². The van der Waals surface area contributed by atoms with Crippen LogP contribution in [0.4, 0.5) is 5.69 Å². The number of hydrogen-bond acceptors (Lipinski definition) is 3. The molecule has 0 aromatic heterocycles. The molecule has 0 N–H and O–H groups in total. The average Bonchev–Trinajstić information content (AvgIpc) is 2.46. The molecule has 0 bridgehead atoms. The number of nitro benzene ring substituents is 1. The summed E-state index contributed by atoms with van der Waals surface area (Å²) in [6.45, 7) is 0. The van der Waals surface area contributed by atoms with Gasteiger partial charge in [-0.2, -0.15) is 5.26 Å². The lowest BCUT2D eigenvalue weighted by molar-refractivity contribution is -0.384. The first-order chi connectivity index (χ1) is 9.60. The van der Waals surface area contributed by atoms with Crippen LogP contribution in [0, 0.1) is 25.0 Å². The summed E-state index contributed by atoms with van der Waals surface area (Å²) in [5, 5.41) is 19.8. The Balaban J connectivity index is 2.34. The number of halogens is 1. The summed E-state index contributed by atoms with van der Waals surface area (Å²) < 4.78 is 1.10. The van der Waals surface area contributed by atoms with Gasteiger partial charge in [0.1, 0.15) is 0 Å². The van der Waals surface area contributed by atoms with E-state index >= 15 is 0 Å². The minimum Gasteiger partial charge on any atom is -0.258 e. The van der Waals surface area contributed by atoms with Crippen molar-refractivity contribution in [1.82, 2.24) is 0 Å². The topological polar surface area (TPSA) is 66.9 Å². The number of allylic oxidation sites excluding steroid dienone is 1. The van der Waals surface area contributed by atoms with Gasteiger partial charge in [-0.15, -0.1) is 0 Å². The van der Waals surface area contributed by atoms with Crippen molar-refractivity contribution in [3.05, 3.63) is 73.3 Å². The third-order valence-corrected chi connectivity index (χ3v) is 3.41. The predicted octanol–water partition coefficient (Wildman–Crippen LogP) is 4.26. The second kappa shape index (κ2) is 6.30. The van der Waals surface area contributed by atoms with Gasteiger partial charge >= 0.3 is 0 Å². The molecule has 5 heteroatoms. The zero-order chi connectivity index (χ0) is 14.5. The SMILES string of the molecule is N#C/C(=C\c1ccc([N+](=O)[O-])cc1)c1ccc(I)cc1. The van der Waals surface area contributed by atoms with Crippen LogP contribution >= 0.6 is 22.6 Å². The standard InChI is InChI=1S/C15H9IN2O2/c16-14-5-3-12(4-6-14)13(10-17)9-11-1-7-15(8-2-11)18(19)20/h1-9H/b13-9+. The molecule has 0 saturated carbocycles. The van der Waals surface area contributed by atoms with Gasteiger partial charge in [0.25, 0.3) is 5.69 Å². The van der Waals surface area contributed by atoms with Crippen LogP contribution < -0.4 is 0 Å². The summed E-state index contributed by atoms with van der Waals surface area (Å²) in [6.07, 6.45) is 1.71. The average molecular weight is 376 g/mol. The van der Waals surface area contributed by atoms with Crippen LogP contribution in [0.1, 0.15) is 11.1 Å². The van der Waals surface area contributed by atoms with Crippen molar-refractivity contribution < 1.29 is 4.92 Å². The van der Waals surface area contributed by atoms with Crippen molar-refractivity contribution in [3.63, 3.8) is 0 Å². The number of rotatable bonds is 3. The van der Waals surface area contributed by atoms with Crippen LogP contribution in [0.3, 0.4) is 0 Å². The lowest BCUT2D eigenvalue weighted by Crippen LogP contribution is -1.87. The largest absolute Gasteiger partial charge is 0.269 e. The van der Waals surface area contributed by atoms with Crippen LogP contribution in [-0.2, 0) is 0 Å². The highest BCUT2D eigenvalue weighted by Gasteiger charge is 2.04. The van der Waals surface area contributed by atoms with Gasteiger partial charge in [-0.1, -0.05) is 12.1 Å². The monoisotopic (exact) mass is 376 g/mol. The molecule has 0 aliphatic heterocycles. The highest BCUT2D eigenvalue weighted by molar-refractivity contribution is 14.1. The van der Waals surface area contributed by atoms with Crippen molar-refractivity contribution in [3.8, 4) is 6.07 Å². The van der Waals surface area contributed by atoms with E-state index in [4.69, 9.17) is 0 Å². The third-order valence-electron chi connectivity index (χ3n) is 2.69. The molecule has 2 aromatic rings. The number of benzene rings is 2. The Kier molecular flexibility index (Phi) is 4.48. The molecule has 0 spiro atoms. The van der Waals surface area contributed by atoms with Gasteiger partial charge in [-0.25, -0.2) is 0 Å². The molecule has 20 heavy (non-hydrogen) atoms. The Morgan fingerprint density at radius 3 is 2.25 bits per heavy atom. The van der Waals surface area contributed by atoms with Gasteiger partial charge in [0, 0.05) is 15.7 Å². The zero-order valence-electron chi connectivity index (χ0n) is 10.3. The Morgan fingerprint density at radius 1 is 1.15 bits per heavy atom. The Labute approximate surface area is 129 Å². The van der Waals surface area contributed by atoms with Gasteiger partial charge in [0.2, 0.25) is 0 Å². The van der Waals surface area contributed by atoms with Gasteiger partial charge < -0.3 is 0 Å². The van der Waals surface area contributed by atoms with Crippen molar-refractivity contribution >= 4 is 39.9 Å². The smallest absolute Gasteiger partial charge is 0.258 e. The van der Waals surface area contributed by atoms with Crippen LogP contribution in [0.5, 0.6) is 0 Å². The molecule has 2 rings (SSSR count). The molecule has 0 heterocycles. The van der Waals surface area contributed by atoms with Crippen molar-refractivity contribution in [2.75, 3.05) is 0 Å². The molecule has 0 unspecified atom stereocenters. The van der Waals surface area contributed by atoms with Crippen molar-refractivity contribution in [1.29, 1.82) is 5.26 Å². The van der Waals surface area contributed by atoms with Gasteiger partial charge in [-0.3, -0.25) is 10.1 Å². The maximum absolute atomic E-state index is 10.6. The van der Waals surface area contributed by atoms with Crippen molar-refractivity contribution in [2.24, 2.45) is 0 Å². The molecule has 0 saturated heterocycles. The van der Waals surface area contributed by atoms with E-state index in [1.54, 1.807) is 18.2 Å². The fourth-order valence-corrected chi connectivity index (χ4v) is 2.03. The highest BCUT2D eigenvalue weighted by Crippen LogP contribution is 2.20. The fraction of sp³-hybridized carbons (Fsp3) is 0. The maximum atomic E-state index is 10.6. The van der Waals surface area contributed by atoms with E-state index in [-0.39, 0.29) is 5.69 Å². The number of non-ortho nitro benzene ring substituents is 1. The van der Waals surface area contributed by atoms with Gasteiger partial charge in [0.05, 0.1) is 16.6 Å². The van der Waals surface area contributed by atoms with E-state index in [9.17, 15) is 15.4 Å². The van der Waals surface area contributed by atoms with Crippen molar-refractivity contribution in [2.45, 2.75) is 0 Å². The van der Waals surface area contributed by atoms with Crippen LogP contribution in [0.25, 0.3) is 11.6 Å². The Hall–Kier alpha value is -2.20. The fourth-order valence-electron chi connectivity index (χ4n) is 1.67. The first kappa shape index (κ1) is 14.2. The summed E-state index contributed by atoms with van der Waals surface area (Å²) in [6, 6.07) is 15.9. The molecule has 98 valence electrons. The minimum absolute atomic E-state index is 0.0370. The summed E-state index contributed by atoms with van der Waals surface area (Å²) in [5.41, 5.74) is 2.14. The third kappa shape index (κ3) is 3.42. The molecule has 2 aromatic carbocycles. The molecule has 0 radical (unpaired) electrons. The lowest BCUT2D eigenvalue weighted by atomic mass is 10.0. The first-order valence-corrected chi connectivity index (χ1v) is 6.80. The quantitative estimate of drug-likeness (QED) is 0.264. The van der Waals surface area contributed by atoms with Crippen LogP contribution in [-0.4, -0.2) is 4.92 Å². The summed E-state index contributed by atoms with van der Waals surface area (Å²) >= 11 is 2.20. The molecule has 0 aliphatic rings. The summed E-state index contributed by atoms with van der Waals surface area (Å²) in [7, 11) is 0. The van der Waals surface area contributed by atoms with Gasteiger partial charge in [0.15, 0.2) is 0 Å². The van der Waals surface area contributed by atoms with E-state index in [1.807, 2.05) is 24.3 Å². The Morgan fingerprint density at radius 2 is 1.75 bits per heavy atom. The minimum atomic E-state index is -0.447. The highest BCUT2D eigenvalue weighted by atomic mass is 127. The van der Waals surface area contributed by atoms with E-state index in [0.717, 1.165) is 14.7 Å². The summed E-state index contributed by atoms with van der Waals surface area (Å²) in [4.78, 5) is 10.1. The molecule has 0 fully saturated rings. The normalized spacial score (nSPS) is 10.9. The number of nitrogens with zero attached hydrogens (tertiary/aromatic N) is 2. The maximum Gasteiger partial charge on any atom is 0.269 e. The molecule has 0 atom stereocenters. The molecule has 0 amide bonds. The molecular formula is C15H9IN2O2. The first-order valence-electron chi connectivity index (χ1n) is 5.72. The molecule has 4 nitrogen and oxygen atoms in total. The second-order valence-electron chi connectivity index (χ2n) is 4.03. The number of hydrogen-bond donors (Lipinski definition) is 0. The van der Waals surface area contributed by atoms with E-state index in [2.05, 4.69) is 28.7 Å². The Bertz CT molecular complexity index is 698. The number of nitro groups is 1. The number of nitriles is 1. The van der Waals surface area contributed by atoms with E-state index < -0.39 is 4.92 Å². The van der Waals surface area contributed by atoms with Crippen LogP contribution in [0.15, 0.2) is 48.5 Å². The zero-order valence-corrected chi connectivity index (χ0v) is 12.4. The summed E-state index contributed by atoms with van der Waals surface area (Å²) in [5.74, 6) is 0. The van der Waals surface area contributed by atoms with Crippen LogP contribution in [0.2, 0.25) is 0 Å².